The van der Waals surface area contributed by atoms with Crippen molar-refractivity contribution < 1.29 is 10.2 Å². The molecule has 2 heteroatoms. The van der Waals surface area contributed by atoms with Gasteiger partial charge in [0, 0.05) is 6.61 Å². The lowest BCUT2D eigenvalue weighted by Crippen LogP contribution is -2.03. The van der Waals surface area contributed by atoms with Crippen LogP contribution in [-0.2, 0) is 0 Å². The maximum absolute atomic E-state index is 9.12. The molecule has 0 aliphatic rings. The van der Waals surface area contributed by atoms with E-state index >= 15 is 0 Å². The van der Waals surface area contributed by atoms with Crippen LogP contribution < -0.4 is 0 Å². The number of aliphatic hydroxyl groups excluding tert-OH is 2. The summed E-state index contributed by atoms with van der Waals surface area (Å²) in [6, 6.07) is 0. The SMILES string of the molecule is CCC(CO)CCCCCCCCCCC(C)O. The molecule has 0 fully saturated rings. The fourth-order valence-electron chi connectivity index (χ4n) is 2.36. The Morgan fingerprint density at radius 1 is 0.778 bits per heavy atom. The molecule has 0 aliphatic carbocycles. The standard InChI is InChI=1S/C16H34O2/c1-3-16(14-17)13-11-9-7-5-4-6-8-10-12-15(2)18/h15-18H,3-14H2,1-2H3. The first kappa shape index (κ1) is 17.9. The average molecular weight is 258 g/mol. The van der Waals surface area contributed by atoms with Gasteiger partial charge in [-0.1, -0.05) is 64.7 Å². The summed E-state index contributed by atoms with van der Waals surface area (Å²) in [6.45, 7) is 4.39. The second kappa shape index (κ2) is 13.4. The number of hydrogen-bond donors (Lipinski definition) is 2. The molecule has 0 rings (SSSR count). The zero-order valence-corrected chi connectivity index (χ0v) is 12.5. The lowest BCUT2D eigenvalue weighted by molar-refractivity contribution is 0.180. The fraction of sp³-hybridized carbons (Fsp3) is 1.00. The number of unbranched alkanes of at least 4 members (excludes halogenated alkanes) is 7. The number of rotatable bonds is 13. The van der Waals surface area contributed by atoms with E-state index in [0.717, 1.165) is 12.8 Å². The van der Waals surface area contributed by atoms with E-state index in [9.17, 15) is 0 Å². The maximum atomic E-state index is 9.12. The van der Waals surface area contributed by atoms with E-state index < -0.39 is 0 Å². The summed E-state index contributed by atoms with van der Waals surface area (Å²) in [6.07, 6.45) is 13.6. The highest BCUT2D eigenvalue weighted by molar-refractivity contribution is 4.56. The Balaban J connectivity index is 3.07. The fourth-order valence-corrected chi connectivity index (χ4v) is 2.36. The first-order valence-corrected chi connectivity index (χ1v) is 7.99. The van der Waals surface area contributed by atoms with Gasteiger partial charge in [0.05, 0.1) is 6.10 Å². The molecule has 110 valence electrons. The normalized spacial score (nSPS) is 14.7. The molecule has 0 aromatic carbocycles. The van der Waals surface area contributed by atoms with E-state index in [-0.39, 0.29) is 6.10 Å². The Labute approximate surface area is 114 Å². The minimum absolute atomic E-state index is 0.122. The third-order valence-electron chi connectivity index (χ3n) is 3.82. The number of hydrogen-bond acceptors (Lipinski definition) is 2. The van der Waals surface area contributed by atoms with E-state index in [2.05, 4.69) is 6.92 Å². The van der Waals surface area contributed by atoms with Crippen LogP contribution in [0, 0.1) is 5.92 Å². The summed E-state index contributed by atoms with van der Waals surface area (Å²) >= 11 is 0. The lowest BCUT2D eigenvalue weighted by Gasteiger charge is -2.10. The summed E-state index contributed by atoms with van der Waals surface area (Å²) in [5, 5.41) is 18.2. The smallest absolute Gasteiger partial charge is 0.0512 e. The van der Waals surface area contributed by atoms with Gasteiger partial charge in [-0.05, 0) is 25.7 Å². The van der Waals surface area contributed by atoms with Crippen molar-refractivity contribution in [1.29, 1.82) is 0 Å². The largest absolute Gasteiger partial charge is 0.396 e. The molecule has 0 aromatic heterocycles. The maximum Gasteiger partial charge on any atom is 0.0512 e. The van der Waals surface area contributed by atoms with Crippen LogP contribution >= 0.6 is 0 Å². The van der Waals surface area contributed by atoms with E-state index in [0.29, 0.717) is 12.5 Å². The molecule has 0 spiro atoms. The predicted octanol–water partition coefficient (Wildman–Crippen LogP) is 4.29. The molecule has 0 radical (unpaired) electrons. The molecule has 0 heterocycles. The third kappa shape index (κ3) is 12.4. The molecule has 0 saturated heterocycles. The van der Waals surface area contributed by atoms with Crippen LogP contribution in [0.4, 0.5) is 0 Å². The van der Waals surface area contributed by atoms with Gasteiger partial charge in [0.15, 0.2) is 0 Å². The van der Waals surface area contributed by atoms with E-state index in [1.54, 1.807) is 0 Å². The Kier molecular flexibility index (Phi) is 13.3. The average Bonchev–Trinajstić information content (AvgIpc) is 2.36. The highest BCUT2D eigenvalue weighted by Gasteiger charge is 2.03. The molecule has 0 amide bonds. The summed E-state index contributed by atoms with van der Waals surface area (Å²) in [7, 11) is 0. The van der Waals surface area contributed by atoms with Gasteiger partial charge < -0.3 is 10.2 Å². The van der Waals surface area contributed by atoms with E-state index in [1.165, 1.54) is 57.8 Å². The zero-order valence-electron chi connectivity index (χ0n) is 12.5. The molecule has 2 N–H and O–H groups in total. The highest BCUT2D eigenvalue weighted by Crippen LogP contribution is 2.15. The lowest BCUT2D eigenvalue weighted by atomic mass is 9.98. The molecule has 0 bridgehead atoms. The molecule has 2 atom stereocenters. The number of aliphatic hydroxyl groups is 2. The van der Waals surface area contributed by atoms with E-state index in [4.69, 9.17) is 10.2 Å². The summed E-state index contributed by atoms with van der Waals surface area (Å²) in [5.41, 5.74) is 0. The Morgan fingerprint density at radius 2 is 1.22 bits per heavy atom. The third-order valence-corrected chi connectivity index (χ3v) is 3.82. The van der Waals surface area contributed by atoms with Crippen molar-refractivity contribution in [2.45, 2.75) is 90.6 Å². The van der Waals surface area contributed by atoms with Crippen LogP contribution in [-0.4, -0.2) is 22.9 Å². The van der Waals surface area contributed by atoms with Gasteiger partial charge in [0.25, 0.3) is 0 Å². The van der Waals surface area contributed by atoms with Crippen LogP contribution in [0.1, 0.15) is 84.5 Å². The molecule has 18 heavy (non-hydrogen) atoms. The van der Waals surface area contributed by atoms with Gasteiger partial charge in [-0.3, -0.25) is 0 Å². The molecule has 0 aromatic rings. The van der Waals surface area contributed by atoms with Gasteiger partial charge >= 0.3 is 0 Å². The van der Waals surface area contributed by atoms with Crippen LogP contribution in [0.15, 0.2) is 0 Å². The first-order chi connectivity index (χ1) is 8.70. The Bertz CT molecular complexity index is 153. The second-order valence-electron chi connectivity index (χ2n) is 5.71. The van der Waals surface area contributed by atoms with Gasteiger partial charge in [0.1, 0.15) is 0 Å². The molecule has 2 nitrogen and oxygen atoms in total. The van der Waals surface area contributed by atoms with Crippen molar-refractivity contribution in [2.75, 3.05) is 6.61 Å². The predicted molar refractivity (Wildman–Crippen MR) is 78.7 cm³/mol. The monoisotopic (exact) mass is 258 g/mol. The van der Waals surface area contributed by atoms with Gasteiger partial charge in [-0.25, -0.2) is 0 Å². The minimum atomic E-state index is -0.122. The summed E-state index contributed by atoms with van der Waals surface area (Å²) < 4.78 is 0. The Hall–Kier alpha value is -0.0800. The molecular weight excluding hydrogens is 224 g/mol. The Morgan fingerprint density at radius 3 is 1.61 bits per heavy atom. The zero-order chi connectivity index (χ0) is 13.6. The van der Waals surface area contributed by atoms with Crippen molar-refractivity contribution in [1.82, 2.24) is 0 Å². The van der Waals surface area contributed by atoms with Crippen molar-refractivity contribution in [3.8, 4) is 0 Å². The van der Waals surface area contributed by atoms with Crippen LogP contribution in [0.3, 0.4) is 0 Å². The van der Waals surface area contributed by atoms with Crippen molar-refractivity contribution >= 4 is 0 Å². The summed E-state index contributed by atoms with van der Waals surface area (Å²) in [5.74, 6) is 0.533. The van der Waals surface area contributed by atoms with Gasteiger partial charge in [-0.15, -0.1) is 0 Å². The van der Waals surface area contributed by atoms with Crippen molar-refractivity contribution in [3.63, 3.8) is 0 Å². The molecule has 0 aliphatic heterocycles. The quantitative estimate of drug-likeness (QED) is 0.484. The van der Waals surface area contributed by atoms with Gasteiger partial charge in [0.2, 0.25) is 0 Å². The van der Waals surface area contributed by atoms with Crippen LogP contribution in [0.5, 0.6) is 0 Å². The van der Waals surface area contributed by atoms with Crippen molar-refractivity contribution in [3.05, 3.63) is 0 Å². The topological polar surface area (TPSA) is 40.5 Å². The van der Waals surface area contributed by atoms with Crippen LogP contribution in [0.25, 0.3) is 0 Å². The second-order valence-corrected chi connectivity index (χ2v) is 5.71. The van der Waals surface area contributed by atoms with Gasteiger partial charge in [-0.2, -0.15) is 0 Å². The van der Waals surface area contributed by atoms with E-state index in [1.807, 2.05) is 6.92 Å². The highest BCUT2D eigenvalue weighted by atomic mass is 16.3. The van der Waals surface area contributed by atoms with Crippen LogP contribution in [0.2, 0.25) is 0 Å². The van der Waals surface area contributed by atoms with Crippen molar-refractivity contribution in [2.24, 2.45) is 5.92 Å². The summed E-state index contributed by atoms with van der Waals surface area (Å²) in [4.78, 5) is 0. The minimum Gasteiger partial charge on any atom is -0.396 e. The molecular formula is C16H34O2. The first-order valence-electron chi connectivity index (χ1n) is 7.99. The molecule has 2 unspecified atom stereocenters. The molecule has 0 saturated carbocycles.